The molecule has 0 bridgehead atoms. The summed E-state index contributed by atoms with van der Waals surface area (Å²) in [7, 11) is 4.02. The van der Waals surface area contributed by atoms with Crippen LogP contribution in [0.4, 0.5) is 0 Å². The van der Waals surface area contributed by atoms with Crippen LogP contribution in [0.1, 0.15) is 22.8 Å². The molecule has 1 N–H and O–H groups in total. The van der Waals surface area contributed by atoms with Crippen LogP contribution in [0.2, 0.25) is 0 Å². The zero-order valence-electron chi connectivity index (χ0n) is 12.3. The second-order valence-electron chi connectivity index (χ2n) is 5.30. The van der Waals surface area contributed by atoms with Crippen LogP contribution in [0, 0.1) is 0 Å². The van der Waals surface area contributed by atoms with Gasteiger partial charge >= 0.3 is 0 Å². The molecular weight excluding hydrogens is 262 g/mol. The molecule has 0 saturated carbocycles. The molecule has 3 rings (SSSR count). The van der Waals surface area contributed by atoms with Crippen molar-refractivity contribution in [3.8, 4) is 0 Å². The molecule has 5 heteroatoms. The molecule has 0 amide bonds. The predicted octanol–water partition coefficient (Wildman–Crippen LogP) is 0.635. The highest BCUT2D eigenvalue weighted by Gasteiger charge is 2.07. The summed E-state index contributed by atoms with van der Waals surface area (Å²) in [6.45, 7) is 0. The summed E-state index contributed by atoms with van der Waals surface area (Å²) in [5, 5.41) is 7.33. The van der Waals surface area contributed by atoms with Crippen molar-refractivity contribution in [3.05, 3.63) is 71.8 Å². The molecule has 3 aromatic heterocycles. The lowest BCUT2D eigenvalue weighted by Gasteiger charge is -1.96. The van der Waals surface area contributed by atoms with Crippen molar-refractivity contribution < 1.29 is 9.13 Å². The molecule has 5 nitrogen and oxygen atoms in total. The van der Waals surface area contributed by atoms with E-state index in [2.05, 4.69) is 39.4 Å². The van der Waals surface area contributed by atoms with E-state index in [1.54, 1.807) is 0 Å². The lowest BCUT2D eigenvalue weighted by molar-refractivity contribution is -0.671. The van der Waals surface area contributed by atoms with Gasteiger partial charge in [0.15, 0.2) is 30.6 Å². The summed E-state index contributed by atoms with van der Waals surface area (Å²) < 4.78 is 4.03. The smallest absolute Gasteiger partial charge is 0.168 e. The maximum Gasteiger partial charge on any atom is 0.168 e. The Bertz CT molecular complexity index is 651. The van der Waals surface area contributed by atoms with Crippen LogP contribution in [0.3, 0.4) is 0 Å². The molecule has 0 unspecified atom stereocenters. The molecule has 0 aromatic carbocycles. The summed E-state index contributed by atoms with van der Waals surface area (Å²) in [5.41, 5.74) is 2.44. The Morgan fingerprint density at radius 3 is 1.95 bits per heavy atom. The molecule has 0 radical (unpaired) electrons. The van der Waals surface area contributed by atoms with Gasteiger partial charge in [0.2, 0.25) is 0 Å². The minimum Gasteiger partial charge on any atom is -0.263 e. The fraction of sp³-hybridized carbons (Fsp3) is 0.250. The molecule has 106 valence electrons. The van der Waals surface area contributed by atoms with Gasteiger partial charge in [-0.3, -0.25) is 5.10 Å². The lowest BCUT2D eigenvalue weighted by Crippen LogP contribution is -2.26. The minimum absolute atomic E-state index is 0.751. The third-order valence-electron chi connectivity index (χ3n) is 3.41. The Balaban J connectivity index is 1.68. The van der Waals surface area contributed by atoms with Crippen LogP contribution in [-0.4, -0.2) is 15.2 Å². The number of nitrogens with one attached hydrogen (secondary N) is 1. The standard InChI is InChI=1S/C16H19N5/c1-20-7-3-13(4-8-20)11-15-17-16(19-18-15)12-14-5-9-21(2)10-6-14/h3-10H,11-12H2,1-2H3,(H,17,18,19)/q+2. The Morgan fingerprint density at radius 1 is 0.857 bits per heavy atom. The second kappa shape index (κ2) is 5.83. The summed E-state index contributed by atoms with van der Waals surface area (Å²) in [6, 6.07) is 8.37. The number of hydrogen-bond acceptors (Lipinski definition) is 2. The van der Waals surface area contributed by atoms with E-state index in [-0.39, 0.29) is 0 Å². The van der Waals surface area contributed by atoms with Gasteiger partial charge in [0.25, 0.3) is 0 Å². The van der Waals surface area contributed by atoms with E-state index in [0.29, 0.717) is 0 Å². The van der Waals surface area contributed by atoms with Crippen LogP contribution in [0.15, 0.2) is 49.1 Å². The van der Waals surface area contributed by atoms with Gasteiger partial charge in [0.1, 0.15) is 19.9 Å². The van der Waals surface area contributed by atoms with Crippen LogP contribution in [0.5, 0.6) is 0 Å². The minimum atomic E-state index is 0.751. The van der Waals surface area contributed by atoms with Gasteiger partial charge in [0.05, 0.1) is 0 Å². The van der Waals surface area contributed by atoms with Crippen LogP contribution in [0.25, 0.3) is 0 Å². The molecule has 0 saturated heterocycles. The Labute approximate surface area is 123 Å². The van der Waals surface area contributed by atoms with Crippen molar-refractivity contribution in [1.82, 2.24) is 15.2 Å². The largest absolute Gasteiger partial charge is 0.263 e. The summed E-state index contributed by atoms with van der Waals surface area (Å²) in [5.74, 6) is 1.74. The topological polar surface area (TPSA) is 49.3 Å². The number of aromatic amines is 1. The van der Waals surface area contributed by atoms with E-state index < -0.39 is 0 Å². The van der Waals surface area contributed by atoms with Gasteiger partial charge in [-0.05, 0) is 11.1 Å². The number of nitrogens with zero attached hydrogens (tertiary/aromatic N) is 4. The number of aromatic nitrogens is 5. The van der Waals surface area contributed by atoms with E-state index >= 15 is 0 Å². The number of pyridine rings is 2. The lowest BCUT2D eigenvalue weighted by atomic mass is 10.2. The van der Waals surface area contributed by atoms with Crippen LogP contribution < -0.4 is 9.13 Å². The van der Waals surface area contributed by atoms with Crippen molar-refractivity contribution >= 4 is 0 Å². The van der Waals surface area contributed by atoms with E-state index in [4.69, 9.17) is 0 Å². The molecule has 0 aliphatic heterocycles. The third-order valence-corrected chi connectivity index (χ3v) is 3.41. The van der Waals surface area contributed by atoms with Gasteiger partial charge < -0.3 is 0 Å². The van der Waals surface area contributed by atoms with Gasteiger partial charge in [-0.2, -0.15) is 5.10 Å². The first-order valence-electron chi connectivity index (χ1n) is 6.97. The molecule has 0 fully saturated rings. The number of aryl methyl sites for hydroxylation is 2. The van der Waals surface area contributed by atoms with E-state index in [0.717, 1.165) is 24.5 Å². The average Bonchev–Trinajstić information content (AvgIpc) is 2.91. The first-order chi connectivity index (χ1) is 10.2. The summed E-state index contributed by atoms with van der Waals surface area (Å²) >= 11 is 0. The van der Waals surface area contributed by atoms with Crippen LogP contribution in [-0.2, 0) is 26.9 Å². The predicted molar refractivity (Wildman–Crippen MR) is 77.2 cm³/mol. The Hall–Kier alpha value is -2.56. The molecule has 0 spiro atoms. The quantitative estimate of drug-likeness (QED) is 0.713. The van der Waals surface area contributed by atoms with Crippen molar-refractivity contribution in [1.29, 1.82) is 0 Å². The fourth-order valence-corrected chi connectivity index (χ4v) is 2.17. The molecule has 0 atom stereocenters. The molecule has 3 heterocycles. The van der Waals surface area contributed by atoms with Crippen molar-refractivity contribution in [2.24, 2.45) is 14.1 Å². The van der Waals surface area contributed by atoms with Crippen molar-refractivity contribution in [2.75, 3.05) is 0 Å². The van der Waals surface area contributed by atoms with Crippen LogP contribution >= 0.6 is 0 Å². The number of hydrogen-bond donors (Lipinski definition) is 1. The highest BCUT2D eigenvalue weighted by molar-refractivity contribution is 5.16. The zero-order valence-corrected chi connectivity index (χ0v) is 12.3. The van der Waals surface area contributed by atoms with Gasteiger partial charge in [-0.1, -0.05) is 0 Å². The van der Waals surface area contributed by atoms with Gasteiger partial charge in [-0.15, -0.1) is 0 Å². The number of H-pyrrole nitrogens is 1. The molecule has 3 aromatic rings. The summed E-state index contributed by atoms with van der Waals surface area (Å²) in [6.07, 6.45) is 9.67. The average molecular weight is 281 g/mol. The monoisotopic (exact) mass is 281 g/mol. The maximum atomic E-state index is 4.57. The van der Waals surface area contributed by atoms with E-state index in [1.165, 1.54) is 11.1 Å². The van der Waals surface area contributed by atoms with E-state index in [1.807, 2.05) is 48.0 Å². The fourth-order valence-electron chi connectivity index (χ4n) is 2.17. The van der Waals surface area contributed by atoms with Gasteiger partial charge in [-0.25, -0.2) is 14.1 Å². The maximum absolute atomic E-state index is 4.57. The molecule has 0 aliphatic rings. The Morgan fingerprint density at radius 2 is 1.38 bits per heavy atom. The first-order valence-corrected chi connectivity index (χ1v) is 6.97. The molecule has 21 heavy (non-hydrogen) atoms. The highest BCUT2D eigenvalue weighted by atomic mass is 15.2. The first kappa shape index (κ1) is 13.4. The SMILES string of the molecule is C[n+]1ccc(Cc2n[nH]c(Cc3cc[n+](C)cc3)n2)cc1. The zero-order chi connectivity index (χ0) is 14.7. The number of rotatable bonds is 4. The highest BCUT2D eigenvalue weighted by Crippen LogP contribution is 2.06. The third kappa shape index (κ3) is 3.51. The molecule has 0 aliphatic carbocycles. The second-order valence-corrected chi connectivity index (χ2v) is 5.30. The Kier molecular flexibility index (Phi) is 3.73. The van der Waals surface area contributed by atoms with E-state index in [9.17, 15) is 0 Å². The van der Waals surface area contributed by atoms with Crippen molar-refractivity contribution in [2.45, 2.75) is 12.8 Å². The summed E-state index contributed by atoms with van der Waals surface area (Å²) in [4.78, 5) is 4.57. The van der Waals surface area contributed by atoms with Crippen molar-refractivity contribution in [3.63, 3.8) is 0 Å². The molecular formula is C16H19N5+2. The normalized spacial score (nSPS) is 10.8. The van der Waals surface area contributed by atoms with Gasteiger partial charge in [0, 0.05) is 37.1 Å².